The average molecular weight is 293 g/mol. The van der Waals surface area contributed by atoms with Crippen LogP contribution in [0.3, 0.4) is 0 Å². The Kier molecular flexibility index (Phi) is 6.74. The van der Waals surface area contributed by atoms with E-state index in [-0.39, 0.29) is 31.3 Å². The topological polar surface area (TPSA) is 83.9 Å². The maximum Gasteiger partial charge on any atom is 0.306 e. The molecule has 1 saturated heterocycles. The first kappa shape index (κ1) is 16.4. The third-order valence-corrected chi connectivity index (χ3v) is 5.12. The van der Waals surface area contributed by atoms with Crippen molar-refractivity contribution in [3.8, 4) is 0 Å². The molecule has 0 amide bonds. The van der Waals surface area contributed by atoms with Crippen LogP contribution in [0.4, 0.5) is 0 Å². The number of aliphatic hydroxyl groups is 1. The number of esters is 1. The van der Waals surface area contributed by atoms with Gasteiger partial charge in [-0.3, -0.25) is 4.79 Å². The van der Waals surface area contributed by atoms with Gasteiger partial charge < -0.3 is 9.84 Å². The van der Waals surface area contributed by atoms with Crippen molar-refractivity contribution in [3.05, 3.63) is 0 Å². The van der Waals surface area contributed by atoms with E-state index in [4.69, 9.17) is 9.84 Å². The number of sulfonamides is 1. The van der Waals surface area contributed by atoms with Crippen molar-refractivity contribution in [2.75, 3.05) is 32.1 Å². The number of carbonyl (C=O) groups excluding carboxylic acids is 1. The molecule has 112 valence electrons. The lowest BCUT2D eigenvalue weighted by Gasteiger charge is -2.31. The quantitative estimate of drug-likeness (QED) is 0.685. The highest BCUT2D eigenvalue weighted by Crippen LogP contribution is 2.22. The van der Waals surface area contributed by atoms with E-state index in [0.717, 1.165) is 12.8 Å². The van der Waals surface area contributed by atoms with Crippen LogP contribution in [-0.4, -0.2) is 55.9 Å². The Morgan fingerprint density at radius 1 is 1.47 bits per heavy atom. The molecular formula is C12H23NO5S. The summed E-state index contributed by atoms with van der Waals surface area (Å²) in [5, 5.41) is 8.91. The second-order valence-corrected chi connectivity index (χ2v) is 6.84. The molecule has 0 aromatic heterocycles. The number of piperidine rings is 1. The largest absolute Gasteiger partial charge is 0.466 e. The van der Waals surface area contributed by atoms with E-state index in [1.54, 1.807) is 6.92 Å². The van der Waals surface area contributed by atoms with Gasteiger partial charge in [-0.25, -0.2) is 12.7 Å². The van der Waals surface area contributed by atoms with Crippen LogP contribution >= 0.6 is 0 Å². The van der Waals surface area contributed by atoms with E-state index >= 15 is 0 Å². The highest BCUT2D eigenvalue weighted by Gasteiger charge is 2.28. The van der Waals surface area contributed by atoms with Gasteiger partial charge in [0.15, 0.2) is 0 Å². The number of nitrogens with zero attached hydrogens (tertiary/aromatic N) is 1. The number of ether oxygens (including phenoxy) is 1. The normalized spacial score (nSPS) is 21.3. The fraction of sp³-hybridized carbons (Fsp3) is 0.917. The van der Waals surface area contributed by atoms with Crippen molar-refractivity contribution in [2.24, 2.45) is 5.92 Å². The smallest absolute Gasteiger partial charge is 0.306 e. The van der Waals surface area contributed by atoms with Crippen LogP contribution in [0.1, 0.15) is 32.6 Å². The molecule has 0 aliphatic carbocycles. The summed E-state index contributed by atoms with van der Waals surface area (Å²) in [5.74, 6) is -0.455. The van der Waals surface area contributed by atoms with Crippen molar-refractivity contribution >= 4 is 16.0 Å². The molecule has 1 rings (SSSR count). The van der Waals surface area contributed by atoms with Crippen LogP contribution in [0.2, 0.25) is 0 Å². The van der Waals surface area contributed by atoms with Crippen LogP contribution in [0, 0.1) is 5.92 Å². The molecule has 0 saturated carbocycles. The molecule has 1 atom stereocenters. The van der Waals surface area contributed by atoms with E-state index < -0.39 is 16.0 Å². The molecule has 0 spiro atoms. The van der Waals surface area contributed by atoms with Gasteiger partial charge in [-0.1, -0.05) is 0 Å². The highest BCUT2D eigenvalue weighted by molar-refractivity contribution is 7.89. The lowest BCUT2D eigenvalue weighted by Crippen LogP contribution is -2.41. The number of rotatable bonds is 7. The minimum Gasteiger partial charge on any atom is -0.466 e. The summed E-state index contributed by atoms with van der Waals surface area (Å²) in [6.07, 6.45) is 2.29. The molecule has 1 aliphatic heterocycles. The second-order valence-electron chi connectivity index (χ2n) is 4.75. The Balaban J connectivity index is 2.49. The van der Waals surface area contributed by atoms with Gasteiger partial charge in [0.25, 0.3) is 0 Å². The van der Waals surface area contributed by atoms with Gasteiger partial charge in [0.05, 0.1) is 18.8 Å². The Hall–Kier alpha value is -0.660. The highest BCUT2D eigenvalue weighted by atomic mass is 32.2. The van der Waals surface area contributed by atoms with E-state index in [1.165, 1.54) is 4.31 Å². The first-order valence-electron chi connectivity index (χ1n) is 6.74. The summed E-state index contributed by atoms with van der Waals surface area (Å²) < 4.78 is 30.4. The summed E-state index contributed by atoms with van der Waals surface area (Å²) in [6, 6.07) is 0. The Bertz CT molecular complexity index is 380. The van der Waals surface area contributed by atoms with Gasteiger partial charge in [0.1, 0.15) is 0 Å². The third kappa shape index (κ3) is 5.46. The molecule has 1 N–H and O–H groups in total. The Morgan fingerprint density at radius 2 is 2.21 bits per heavy atom. The zero-order valence-corrected chi connectivity index (χ0v) is 12.2. The maximum atomic E-state index is 12.1. The zero-order valence-electron chi connectivity index (χ0n) is 11.4. The van der Waals surface area contributed by atoms with Crippen LogP contribution in [0.15, 0.2) is 0 Å². The molecule has 1 unspecified atom stereocenters. The summed E-state index contributed by atoms with van der Waals surface area (Å²) >= 11 is 0. The molecule has 0 aromatic carbocycles. The van der Waals surface area contributed by atoms with Crippen molar-refractivity contribution in [1.82, 2.24) is 4.31 Å². The van der Waals surface area contributed by atoms with Gasteiger partial charge in [0.2, 0.25) is 10.0 Å². The molecule has 6 nitrogen and oxygen atoms in total. The first-order chi connectivity index (χ1) is 8.99. The number of aliphatic hydroxyl groups excluding tert-OH is 1. The third-order valence-electron chi connectivity index (χ3n) is 3.28. The zero-order chi connectivity index (χ0) is 14.3. The Morgan fingerprint density at radius 3 is 2.84 bits per heavy atom. The lowest BCUT2D eigenvalue weighted by molar-refractivity contribution is -0.142. The molecule has 0 aromatic rings. The van der Waals surface area contributed by atoms with Crippen molar-refractivity contribution in [1.29, 1.82) is 0 Å². The molecule has 0 radical (unpaired) electrons. The second kappa shape index (κ2) is 7.81. The van der Waals surface area contributed by atoms with Crippen LogP contribution in [0.25, 0.3) is 0 Å². The number of hydrogen-bond acceptors (Lipinski definition) is 5. The van der Waals surface area contributed by atoms with Crippen LogP contribution in [-0.2, 0) is 19.6 Å². The van der Waals surface area contributed by atoms with Crippen molar-refractivity contribution < 1.29 is 23.1 Å². The van der Waals surface area contributed by atoms with Crippen molar-refractivity contribution in [3.63, 3.8) is 0 Å². The minimum absolute atomic E-state index is 0.0847. The molecule has 7 heteroatoms. The van der Waals surface area contributed by atoms with E-state index in [1.807, 2.05) is 0 Å². The Labute approximate surface area is 114 Å². The maximum absolute atomic E-state index is 12.1. The molecule has 0 bridgehead atoms. The van der Waals surface area contributed by atoms with E-state index in [0.29, 0.717) is 19.5 Å². The monoisotopic (exact) mass is 293 g/mol. The SMILES string of the molecule is CCOC(=O)CCS(=O)(=O)N1CCCC(CCO)C1. The summed E-state index contributed by atoms with van der Waals surface area (Å²) in [6.45, 7) is 3.00. The van der Waals surface area contributed by atoms with E-state index in [2.05, 4.69) is 0 Å². The molecule has 1 aliphatic rings. The van der Waals surface area contributed by atoms with E-state index in [9.17, 15) is 13.2 Å². The van der Waals surface area contributed by atoms with Gasteiger partial charge in [-0.05, 0) is 32.1 Å². The standard InChI is InChI=1S/C12H23NO5S/c1-2-18-12(15)6-9-19(16,17)13-7-3-4-11(10-13)5-8-14/h11,14H,2-10H2,1H3. The van der Waals surface area contributed by atoms with Gasteiger partial charge in [0, 0.05) is 19.7 Å². The van der Waals surface area contributed by atoms with Crippen LogP contribution in [0.5, 0.6) is 0 Å². The molecule has 1 heterocycles. The molecular weight excluding hydrogens is 270 g/mol. The summed E-state index contributed by atoms with van der Waals surface area (Å²) in [5.41, 5.74) is 0. The summed E-state index contributed by atoms with van der Waals surface area (Å²) in [7, 11) is -3.40. The van der Waals surface area contributed by atoms with Gasteiger partial charge in [-0.15, -0.1) is 0 Å². The van der Waals surface area contributed by atoms with Gasteiger partial charge in [-0.2, -0.15) is 0 Å². The van der Waals surface area contributed by atoms with Gasteiger partial charge >= 0.3 is 5.97 Å². The number of hydrogen-bond donors (Lipinski definition) is 1. The summed E-state index contributed by atoms with van der Waals surface area (Å²) in [4.78, 5) is 11.2. The van der Waals surface area contributed by atoms with Crippen LogP contribution < -0.4 is 0 Å². The molecule has 19 heavy (non-hydrogen) atoms. The fourth-order valence-corrected chi connectivity index (χ4v) is 3.80. The molecule has 1 fully saturated rings. The average Bonchev–Trinajstić information content (AvgIpc) is 2.38. The fourth-order valence-electron chi connectivity index (χ4n) is 2.27. The predicted octanol–water partition coefficient (Wildman–Crippen LogP) is 0.364. The minimum atomic E-state index is -3.40. The predicted molar refractivity (Wildman–Crippen MR) is 71.0 cm³/mol. The first-order valence-corrected chi connectivity index (χ1v) is 8.34. The van der Waals surface area contributed by atoms with Crippen molar-refractivity contribution in [2.45, 2.75) is 32.6 Å². The lowest BCUT2D eigenvalue weighted by atomic mass is 9.97. The number of carbonyl (C=O) groups is 1.